The fourth-order valence-electron chi connectivity index (χ4n) is 8.12. The van der Waals surface area contributed by atoms with Crippen molar-refractivity contribution < 1.29 is 23.5 Å². The molecule has 55 heavy (non-hydrogen) atoms. The minimum Gasteiger partial charge on any atom is -0.454 e. The molecule has 0 radical (unpaired) electrons. The Morgan fingerprint density at radius 2 is 1.69 bits per heavy atom. The Bertz CT molecular complexity index is 2410. The van der Waals surface area contributed by atoms with Crippen LogP contribution in [0.5, 0.6) is 11.5 Å². The third-order valence-electron chi connectivity index (χ3n) is 11.1. The number of ether oxygens (including phenoxy) is 1. The van der Waals surface area contributed by atoms with Gasteiger partial charge in [0.25, 0.3) is 5.91 Å². The zero-order valence-corrected chi connectivity index (χ0v) is 30.6. The fraction of sp³-hybridized carbons (Fsp3) is 0.359. The molecule has 15 nitrogen and oxygen atoms in total. The second kappa shape index (κ2) is 14.1. The van der Waals surface area contributed by atoms with Crippen molar-refractivity contribution in [2.24, 2.45) is 5.92 Å². The predicted octanol–water partition coefficient (Wildman–Crippen LogP) is 3.96. The molecule has 9 rings (SSSR count). The van der Waals surface area contributed by atoms with Crippen LogP contribution in [0.1, 0.15) is 41.6 Å². The summed E-state index contributed by atoms with van der Waals surface area (Å²) in [6.07, 6.45) is 5.85. The number of nitrogens with two attached hydrogens (primary N) is 1. The van der Waals surface area contributed by atoms with E-state index in [9.17, 15) is 19.2 Å². The Balaban J connectivity index is 0.760. The number of carbonyl (C=O) groups is 3. The number of anilines is 3. The molecular weight excluding hydrogens is 726 g/mol. The summed E-state index contributed by atoms with van der Waals surface area (Å²) in [5.41, 5.74) is 9.02. The third kappa shape index (κ3) is 6.67. The number of carbonyl (C=O) groups excluding carboxylic acids is 3. The zero-order chi connectivity index (χ0) is 37.8. The molecule has 0 spiro atoms. The number of benzene rings is 2. The van der Waals surface area contributed by atoms with Crippen molar-refractivity contribution in [3.8, 4) is 11.5 Å². The molecule has 3 fully saturated rings. The van der Waals surface area contributed by atoms with Crippen molar-refractivity contribution in [1.29, 1.82) is 0 Å². The van der Waals surface area contributed by atoms with E-state index in [2.05, 4.69) is 41.0 Å². The van der Waals surface area contributed by atoms with Gasteiger partial charge in [0.1, 0.15) is 11.6 Å². The molecule has 16 heteroatoms. The number of hydrogen-bond acceptors (Lipinski definition) is 13. The number of aromatic nitrogens is 3. The summed E-state index contributed by atoms with van der Waals surface area (Å²) in [5, 5.41) is 2.90. The van der Waals surface area contributed by atoms with Crippen LogP contribution in [0.2, 0.25) is 5.02 Å². The smallest absolute Gasteiger partial charge is 0.255 e. The van der Waals surface area contributed by atoms with Crippen molar-refractivity contribution in [3.05, 3.63) is 81.2 Å². The number of amides is 3. The molecule has 7 heterocycles. The first-order valence-electron chi connectivity index (χ1n) is 18.5. The summed E-state index contributed by atoms with van der Waals surface area (Å²) in [5.74, 6) is 0.992. The van der Waals surface area contributed by atoms with Gasteiger partial charge in [-0.3, -0.25) is 29.4 Å². The van der Waals surface area contributed by atoms with E-state index in [1.165, 1.54) is 6.07 Å². The van der Waals surface area contributed by atoms with Crippen LogP contribution < -0.4 is 31.0 Å². The van der Waals surface area contributed by atoms with Gasteiger partial charge in [-0.05, 0) is 55.0 Å². The number of nitrogens with zero attached hydrogens (tertiary/aromatic N) is 7. The molecule has 0 aliphatic carbocycles. The van der Waals surface area contributed by atoms with E-state index < -0.39 is 11.9 Å². The van der Waals surface area contributed by atoms with Crippen LogP contribution >= 0.6 is 11.6 Å². The highest BCUT2D eigenvalue weighted by Gasteiger charge is 2.39. The number of nitrogens with one attached hydrogen (secondary N) is 1. The Hall–Kier alpha value is -5.80. The van der Waals surface area contributed by atoms with E-state index in [-0.39, 0.29) is 56.7 Å². The average Bonchev–Trinajstić information content (AvgIpc) is 3.51. The van der Waals surface area contributed by atoms with Crippen LogP contribution in [0, 0.1) is 5.92 Å². The van der Waals surface area contributed by atoms with E-state index in [1.54, 1.807) is 35.5 Å². The van der Waals surface area contributed by atoms with Crippen molar-refractivity contribution >= 4 is 68.8 Å². The summed E-state index contributed by atoms with van der Waals surface area (Å²) < 4.78 is 11.9. The van der Waals surface area contributed by atoms with Gasteiger partial charge >= 0.3 is 0 Å². The van der Waals surface area contributed by atoms with Crippen molar-refractivity contribution in [2.75, 3.05) is 61.3 Å². The van der Waals surface area contributed by atoms with E-state index in [4.69, 9.17) is 26.5 Å². The normalized spacial score (nSPS) is 19.7. The summed E-state index contributed by atoms with van der Waals surface area (Å²) >= 11 is 6.23. The molecule has 282 valence electrons. The molecule has 1 atom stereocenters. The molecule has 0 saturated carbocycles. The Morgan fingerprint density at radius 1 is 0.909 bits per heavy atom. The Morgan fingerprint density at radius 3 is 2.45 bits per heavy atom. The van der Waals surface area contributed by atoms with Crippen molar-refractivity contribution in [1.82, 2.24) is 30.1 Å². The maximum Gasteiger partial charge on any atom is 0.255 e. The zero-order valence-electron chi connectivity index (χ0n) is 29.9. The molecule has 4 aliphatic heterocycles. The largest absolute Gasteiger partial charge is 0.454 e. The molecule has 0 bridgehead atoms. The minimum atomic E-state index is -0.610. The number of imide groups is 1. The number of piperazine rings is 1. The van der Waals surface area contributed by atoms with Gasteiger partial charge in [-0.25, -0.2) is 15.0 Å². The van der Waals surface area contributed by atoms with Crippen LogP contribution in [-0.2, 0) is 16.1 Å². The summed E-state index contributed by atoms with van der Waals surface area (Å²) in [6.45, 7) is 6.72. The quantitative estimate of drug-likeness (QED) is 0.180. The highest BCUT2D eigenvalue weighted by molar-refractivity contribution is 6.35. The van der Waals surface area contributed by atoms with Crippen LogP contribution in [0.3, 0.4) is 0 Å². The number of rotatable bonds is 7. The van der Waals surface area contributed by atoms with Gasteiger partial charge in [-0.1, -0.05) is 23.7 Å². The second-order valence-corrected chi connectivity index (χ2v) is 15.0. The number of pyridine rings is 1. The van der Waals surface area contributed by atoms with Crippen LogP contribution in [0.4, 0.5) is 17.5 Å². The lowest BCUT2D eigenvalue weighted by Crippen LogP contribution is -2.52. The van der Waals surface area contributed by atoms with Crippen LogP contribution in [0.25, 0.3) is 22.1 Å². The van der Waals surface area contributed by atoms with Gasteiger partial charge in [0.2, 0.25) is 23.2 Å². The number of piperidine rings is 2. The minimum absolute atomic E-state index is 0.0265. The first kappa shape index (κ1) is 34.9. The summed E-state index contributed by atoms with van der Waals surface area (Å²) in [6, 6.07) is 11.9. The van der Waals surface area contributed by atoms with E-state index in [1.807, 2.05) is 12.1 Å². The average molecular weight is 764 g/mol. The topological polar surface area (TPSA) is 180 Å². The highest BCUT2D eigenvalue weighted by Crippen LogP contribution is 2.33. The summed E-state index contributed by atoms with van der Waals surface area (Å²) in [4.78, 5) is 72.4. The van der Waals surface area contributed by atoms with Crippen molar-refractivity contribution in [2.45, 2.75) is 38.3 Å². The van der Waals surface area contributed by atoms with Gasteiger partial charge in [-0.15, -0.1) is 0 Å². The summed E-state index contributed by atoms with van der Waals surface area (Å²) in [7, 11) is 0. The SMILES string of the molecule is Nc1nc2c(=O)c3c(Cl)cccc3oc2cc1Oc1cnc(N2CCC(CN3CCN(c4ccc5c(c4)C(=O)N(C4CCC(=O)NC4=O)C5)CC3)CC2)nc1. The number of hydrogen-bond donors (Lipinski definition) is 2. The standard InChI is InChI=1S/C39H38ClN9O6/c40-27-2-1-3-29-33(27)35(51)34-30(55-29)17-31(36(41)45-34)54-25-18-42-39(43-19-25)48-10-8-22(9-11-48)20-46-12-14-47(15-13-46)24-5-4-23-21-49(38(53)26(23)16-24)28-6-7-32(50)44-37(28)52/h1-5,16-19,22,28H,6-15,20-21H2,(H2,41,45)(H,44,50,52). The van der Waals surface area contributed by atoms with Gasteiger partial charge in [0, 0.05) is 76.1 Å². The molecule has 3 saturated heterocycles. The molecular formula is C39H38ClN9O6. The fourth-order valence-corrected chi connectivity index (χ4v) is 8.37. The number of fused-ring (bicyclic) bond motifs is 3. The Labute approximate surface area is 320 Å². The lowest BCUT2D eigenvalue weighted by atomic mass is 9.96. The van der Waals surface area contributed by atoms with Gasteiger partial charge in [0.15, 0.2) is 28.4 Å². The lowest BCUT2D eigenvalue weighted by molar-refractivity contribution is -0.136. The monoisotopic (exact) mass is 763 g/mol. The maximum absolute atomic E-state index is 13.3. The van der Waals surface area contributed by atoms with E-state index in [0.717, 1.165) is 69.9 Å². The maximum atomic E-state index is 13.3. The van der Waals surface area contributed by atoms with Crippen LogP contribution in [-0.4, -0.2) is 94.3 Å². The van der Waals surface area contributed by atoms with Crippen LogP contribution in [0.15, 0.2) is 64.1 Å². The first-order chi connectivity index (χ1) is 26.7. The molecule has 4 aliphatic rings. The predicted molar refractivity (Wildman–Crippen MR) is 205 cm³/mol. The van der Waals surface area contributed by atoms with Gasteiger partial charge in [-0.2, -0.15) is 0 Å². The molecule has 3 amide bonds. The first-order valence-corrected chi connectivity index (χ1v) is 18.9. The lowest BCUT2D eigenvalue weighted by Gasteiger charge is -2.39. The molecule has 2 aromatic carbocycles. The third-order valence-corrected chi connectivity index (χ3v) is 11.4. The van der Waals surface area contributed by atoms with E-state index in [0.29, 0.717) is 41.7 Å². The van der Waals surface area contributed by atoms with E-state index >= 15 is 0 Å². The second-order valence-electron chi connectivity index (χ2n) is 14.5. The van der Waals surface area contributed by atoms with Crippen molar-refractivity contribution in [3.63, 3.8) is 0 Å². The van der Waals surface area contributed by atoms with Gasteiger partial charge < -0.3 is 29.6 Å². The molecule has 3 aromatic heterocycles. The molecule has 3 N–H and O–H groups in total. The Kier molecular flexibility index (Phi) is 8.97. The highest BCUT2D eigenvalue weighted by atomic mass is 35.5. The molecule has 1 unspecified atom stereocenters. The van der Waals surface area contributed by atoms with Gasteiger partial charge in [0.05, 0.1) is 22.8 Å². The molecule has 5 aromatic rings. The number of halogens is 1. The number of nitrogen functional groups attached to an aromatic ring is 1.